The molecular formula is C31H18N6. The lowest BCUT2D eigenvalue weighted by molar-refractivity contribution is 1.07. The van der Waals surface area contributed by atoms with E-state index in [2.05, 4.69) is 38.6 Å². The molecule has 8 aromatic rings. The predicted octanol–water partition coefficient (Wildman–Crippen LogP) is 6.81. The summed E-state index contributed by atoms with van der Waals surface area (Å²) >= 11 is 0. The minimum atomic E-state index is 0.640. The lowest BCUT2D eigenvalue weighted by atomic mass is 10.1. The van der Waals surface area contributed by atoms with Crippen LogP contribution in [0.15, 0.2) is 110 Å². The Morgan fingerprint density at radius 1 is 0.459 bits per heavy atom. The topological polar surface area (TPSA) is 68.9 Å². The lowest BCUT2D eigenvalue weighted by Crippen LogP contribution is -2.00. The van der Waals surface area contributed by atoms with E-state index >= 15 is 0 Å². The molecule has 172 valence electrons. The van der Waals surface area contributed by atoms with Crippen LogP contribution < -0.4 is 0 Å². The van der Waals surface area contributed by atoms with Crippen LogP contribution in [0.4, 0.5) is 0 Å². The van der Waals surface area contributed by atoms with Gasteiger partial charge in [0.05, 0.1) is 16.6 Å². The van der Waals surface area contributed by atoms with Crippen molar-refractivity contribution >= 4 is 38.1 Å². The molecule has 6 nitrogen and oxygen atoms in total. The summed E-state index contributed by atoms with van der Waals surface area (Å²) in [5.74, 6) is 1.94. The lowest BCUT2D eigenvalue weighted by Gasteiger charge is -2.08. The Morgan fingerprint density at radius 3 is 1.70 bits per heavy atom. The third-order valence-corrected chi connectivity index (χ3v) is 6.96. The van der Waals surface area contributed by atoms with E-state index in [-0.39, 0.29) is 0 Å². The molecule has 8 rings (SSSR count). The molecule has 0 aliphatic rings. The molecule has 0 N–H and O–H groups in total. The van der Waals surface area contributed by atoms with Gasteiger partial charge in [-0.1, -0.05) is 60.7 Å². The van der Waals surface area contributed by atoms with E-state index in [0.717, 1.165) is 54.8 Å². The number of fused-ring (bicyclic) bond motifs is 6. The molecule has 0 amide bonds. The first-order valence-corrected chi connectivity index (χ1v) is 12.1. The number of benzene rings is 3. The van der Waals surface area contributed by atoms with E-state index in [0.29, 0.717) is 17.5 Å². The van der Waals surface area contributed by atoms with Crippen LogP contribution in [-0.2, 0) is 0 Å². The minimum Gasteiger partial charge on any atom is -0.308 e. The zero-order valence-corrected chi connectivity index (χ0v) is 19.6. The fourth-order valence-corrected chi connectivity index (χ4v) is 5.27. The smallest absolute Gasteiger partial charge is 0.164 e. The summed E-state index contributed by atoms with van der Waals surface area (Å²) in [5, 5.41) is 4.44. The average Bonchev–Trinajstić information content (AvgIpc) is 3.50. The van der Waals surface area contributed by atoms with Crippen molar-refractivity contribution in [2.45, 2.75) is 0 Å². The third-order valence-electron chi connectivity index (χ3n) is 6.96. The first-order chi connectivity index (χ1) is 18.3. The number of pyridine rings is 2. The fraction of sp³-hybridized carbons (Fsp3) is 0. The van der Waals surface area contributed by atoms with Gasteiger partial charge < -0.3 is 4.40 Å². The molecule has 0 spiro atoms. The first-order valence-electron chi connectivity index (χ1n) is 12.1. The number of nitrogens with zero attached hydrogens (tertiary/aromatic N) is 6. The van der Waals surface area contributed by atoms with E-state index in [1.54, 1.807) is 0 Å². The highest BCUT2D eigenvalue weighted by Crippen LogP contribution is 2.39. The average molecular weight is 475 g/mol. The number of rotatable bonds is 3. The van der Waals surface area contributed by atoms with Crippen LogP contribution in [0, 0.1) is 0 Å². The molecule has 0 unspecified atom stereocenters. The van der Waals surface area contributed by atoms with Crippen LogP contribution in [0.1, 0.15) is 0 Å². The second-order valence-corrected chi connectivity index (χ2v) is 9.08. The largest absolute Gasteiger partial charge is 0.308 e. The second-order valence-electron chi connectivity index (χ2n) is 9.08. The van der Waals surface area contributed by atoms with Crippen LogP contribution in [0.2, 0.25) is 0 Å². The molecule has 0 atom stereocenters. The monoisotopic (exact) mass is 474 g/mol. The van der Waals surface area contributed by atoms with Gasteiger partial charge in [0.1, 0.15) is 0 Å². The standard InChI is InChI=1S/C31H18N6/c1-3-7-19(8-4-1)29-34-30(20-9-5-2-6-10-20)36-31(35-29)21-11-12-26-22(15-21)24-17-33-18-25-23-16-32-14-13-27(23)37(26)28(24)25/h1-18H. The van der Waals surface area contributed by atoms with Gasteiger partial charge in [0.25, 0.3) is 0 Å². The molecule has 0 aliphatic heterocycles. The molecular weight excluding hydrogens is 456 g/mol. The normalized spacial score (nSPS) is 11.8. The molecule has 6 heteroatoms. The minimum absolute atomic E-state index is 0.640. The molecule has 5 aromatic heterocycles. The van der Waals surface area contributed by atoms with Gasteiger partial charge in [0.2, 0.25) is 0 Å². The van der Waals surface area contributed by atoms with Crippen LogP contribution in [0.25, 0.3) is 72.3 Å². The highest BCUT2D eigenvalue weighted by molar-refractivity contribution is 6.22. The summed E-state index contributed by atoms with van der Waals surface area (Å²) in [7, 11) is 0. The first kappa shape index (κ1) is 20.0. The maximum atomic E-state index is 4.91. The summed E-state index contributed by atoms with van der Waals surface area (Å²) in [4.78, 5) is 23.5. The maximum absolute atomic E-state index is 4.91. The Hall–Kier alpha value is -5.23. The predicted molar refractivity (Wildman–Crippen MR) is 146 cm³/mol. The SMILES string of the molecule is c1ccc(-c2nc(-c3ccccc3)nc(-c3ccc4c(c3)c3cncc5c6cnccc6n4c53)n2)cc1. The van der Waals surface area contributed by atoms with Crippen molar-refractivity contribution < 1.29 is 0 Å². The van der Waals surface area contributed by atoms with E-state index in [1.165, 1.54) is 0 Å². The van der Waals surface area contributed by atoms with Crippen LogP contribution in [0.3, 0.4) is 0 Å². The summed E-state index contributed by atoms with van der Waals surface area (Å²) < 4.78 is 2.31. The van der Waals surface area contributed by atoms with Crippen LogP contribution in [-0.4, -0.2) is 29.3 Å². The summed E-state index contributed by atoms with van der Waals surface area (Å²) in [6.45, 7) is 0. The van der Waals surface area contributed by atoms with E-state index < -0.39 is 0 Å². The Labute approximate surface area is 211 Å². The van der Waals surface area contributed by atoms with Crippen molar-refractivity contribution in [3.8, 4) is 34.2 Å². The summed E-state index contributed by atoms with van der Waals surface area (Å²) in [6, 6.07) is 28.6. The summed E-state index contributed by atoms with van der Waals surface area (Å²) in [5.41, 5.74) is 6.26. The van der Waals surface area contributed by atoms with Crippen LogP contribution >= 0.6 is 0 Å². The third kappa shape index (κ3) is 2.96. The Morgan fingerprint density at radius 2 is 1.03 bits per heavy atom. The summed E-state index contributed by atoms with van der Waals surface area (Å²) in [6.07, 6.45) is 7.63. The fourth-order valence-electron chi connectivity index (χ4n) is 5.27. The highest BCUT2D eigenvalue weighted by atomic mass is 15.0. The molecule has 37 heavy (non-hydrogen) atoms. The van der Waals surface area contributed by atoms with E-state index in [9.17, 15) is 0 Å². The number of hydrogen-bond acceptors (Lipinski definition) is 5. The Bertz CT molecular complexity index is 2020. The molecule has 0 bridgehead atoms. The quantitative estimate of drug-likeness (QED) is 0.281. The van der Waals surface area contributed by atoms with Gasteiger partial charge in [0.15, 0.2) is 17.5 Å². The molecule has 0 saturated heterocycles. The molecule has 0 radical (unpaired) electrons. The number of aromatic nitrogens is 6. The highest BCUT2D eigenvalue weighted by Gasteiger charge is 2.19. The van der Waals surface area contributed by atoms with Crippen molar-refractivity contribution in [2.75, 3.05) is 0 Å². The van der Waals surface area contributed by atoms with Gasteiger partial charge in [-0.25, -0.2) is 15.0 Å². The van der Waals surface area contributed by atoms with E-state index in [1.807, 2.05) is 85.5 Å². The Balaban J connectivity index is 1.40. The maximum Gasteiger partial charge on any atom is 0.164 e. The Kier molecular flexibility index (Phi) is 4.13. The van der Waals surface area contributed by atoms with Crippen molar-refractivity contribution in [1.29, 1.82) is 0 Å². The van der Waals surface area contributed by atoms with E-state index in [4.69, 9.17) is 15.0 Å². The van der Waals surface area contributed by atoms with Gasteiger partial charge in [-0.3, -0.25) is 9.97 Å². The van der Waals surface area contributed by atoms with Gasteiger partial charge in [-0.15, -0.1) is 0 Å². The molecule has 0 saturated carbocycles. The van der Waals surface area contributed by atoms with Crippen molar-refractivity contribution in [3.63, 3.8) is 0 Å². The van der Waals surface area contributed by atoms with Gasteiger partial charge in [-0.2, -0.15) is 0 Å². The molecule has 5 heterocycles. The zero-order chi connectivity index (χ0) is 24.3. The molecule has 0 fully saturated rings. The molecule has 3 aromatic carbocycles. The molecule has 0 aliphatic carbocycles. The number of hydrogen-bond donors (Lipinski definition) is 0. The van der Waals surface area contributed by atoms with Crippen molar-refractivity contribution in [3.05, 3.63) is 110 Å². The van der Waals surface area contributed by atoms with Gasteiger partial charge in [-0.05, 0) is 24.3 Å². The van der Waals surface area contributed by atoms with Crippen LogP contribution in [0.5, 0.6) is 0 Å². The second kappa shape index (κ2) is 7.63. The van der Waals surface area contributed by atoms with Gasteiger partial charge >= 0.3 is 0 Å². The van der Waals surface area contributed by atoms with Crippen molar-refractivity contribution in [1.82, 2.24) is 29.3 Å². The zero-order valence-electron chi connectivity index (χ0n) is 19.6. The van der Waals surface area contributed by atoms with Gasteiger partial charge in [0, 0.05) is 63.0 Å². The van der Waals surface area contributed by atoms with Crippen molar-refractivity contribution in [2.24, 2.45) is 0 Å².